The summed E-state index contributed by atoms with van der Waals surface area (Å²) in [5.41, 5.74) is 1.12. The number of rotatable bonds is 4. The summed E-state index contributed by atoms with van der Waals surface area (Å²) in [5, 5.41) is 20.8. The van der Waals surface area contributed by atoms with Crippen LogP contribution in [0.4, 0.5) is 0 Å². The molecule has 1 atom stereocenters. The molecule has 7 heteroatoms. The number of carbonyl (C=O) groups is 1. The Bertz CT molecular complexity index is 916. The number of phenolic OH excluding ortho intramolecular Hbond substituents is 1. The van der Waals surface area contributed by atoms with Crippen molar-refractivity contribution >= 4 is 5.97 Å². The summed E-state index contributed by atoms with van der Waals surface area (Å²) in [6.45, 7) is -0.141. The van der Waals surface area contributed by atoms with Gasteiger partial charge in [0.05, 0.1) is 12.7 Å². The third-order valence-corrected chi connectivity index (χ3v) is 4.42. The summed E-state index contributed by atoms with van der Waals surface area (Å²) in [6.07, 6.45) is 0. The third kappa shape index (κ3) is 2.57. The summed E-state index contributed by atoms with van der Waals surface area (Å²) >= 11 is 0. The van der Waals surface area contributed by atoms with Gasteiger partial charge in [0, 0.05) is 17.5 Å². The largest absolute Gasteiger partial charge is 0.508 e. The molecule has 2 aromatic carbocycles. The molecule has 134 valence electrons. The minimum Gasteiger partial charge on any atom is -0.508 e. The fraction of sp³-hybridized carbons (Fsp3) is 0.211. The molecule has 2 N–H and O–H groups in total. The number of aliphatic hydroxyl groups excluding tert-OH is 1. The number of esters is 1. The van der Waals surface area contributed by atoms with Gasteiger partial charge in [0.15, 0.2) is 11.5 Å². The lowest BCUT2D eigenvalue weighted by atomic mass is 9.83. The van der Waals surface area contributed by atoms with Crippen LogP contribution in [0.25, 0.3) is 0 Å². The van der Waals surface area contributed by atoms with Gasteiger partial charge in [-0.3, -0.25) is 0 Å². The third-order valence-electron chi connectivity index (χ3n) is 4.42. The zero-order valence-corrected chi connectivity index (χ0v) is 13.9. The molecule has 0 bridgehead atoms. The number of benzene rings is 2. The van der Waals surface area contributed by atoms with Crippen LogP contribution >= 0.6 is 0 Å². The van der Waals surface area contributed by atoms with E-state index in [1.54, 1.807) is 30.3 Å². The number of ether oxygens (including phenoxy) is 4. The molecule has 0 saturated heterocycles. The van der Waals surface area contributed by atoms with Gasteiger partial charge in [0.1, 0.15) is 23.9 Å². The number of methoxy groups -OCH3 is 1. The Balaban J connectivity index is 1.92. The van der Waals surface area contributed by atoms with Crippen LogP contribution < -0.4 is 14.2 Å². The maximum Gasteiger partial charge on any atom is 0.338 e. The Kier molecular flexibility index (Phi) is 3.84. The van der Waals surface area contributed by atoms with E-state index in [0.717, 1.165) is 0 Å². The molecule has 0 saturated carbocycles. The van der Waals surface area contributed by atoms with Gasteiger partial charge in [-0.15, -0.1) is 0 Å². The maximum atomic E-state index is 12.3. The molecule has 2 aliphatic heterocycles. The molecule has 0 unspecified atom stereocenters. The Morgan fingerprint density at radius 3 is 2.54 bits per heavy atom. The van der Waals surface area contributed by atoms with Crippen molar-refractivity contribution in [2.75, 3.05) is 20.5 Å². The molecule has 0 spiro atoms. The highest BCUT2D eigenvalue weighted by molar-refractivity contribution is 5.94. The molecule has 0 amide bonds. The van der Waals surface area contributed by atoms with E-state index in [4.69, 9.17) is 18.9 Å². The van der Waals surface area contributed by atoms with E-state index in [-0.39, 0.29) is 30.5 Å². The molecule has 0 aromatic heterocycles. The molecule has 0 fully saturated rings. The number of aliphatic hydroxyl groups is 1. The second kappa shape index (κ2) is 6.18. The van der Waals surface area contributed by atoms with Gasteiger partial charge < -0.3 is 29.2 Å². The maximum absolute atomic E-state index is 12.3. The summed E-state index contributed by atoms with van der Waals surface area (Å²) < 4.78 is 20.9. The van der Waals surface area contributed by atoms with Crippen LogP contribution in [0.5, 0.6) is 23.0 Å². The first-order valence-corrected chi connectivity index (χ1v) is 7.94. The smallest absolute Gasteiger partial charge is 0.338 e. The van der Waals surface area contributed by atoms with Gasteiger partial charge in [-0.05, 0) is 23.8 Å². The standard InChI is InChI=1S/C19H16O7/c1-23-11-4-2-3-10(5-11)17(18-14(21)8-24-19(18)22)12-6-15-16(7-13(12)20)26-9-25-15/h2-7,17,20-21H,8-9H2,1H3/t17-/m1/s1. The van der Waals surface area contributed by atoms with Crippen LogP contribution in [0.15, 0.2) is 47.7 Å². The molecule has 0 aliphatic carbocycles. The Morgan fingerprint density at radius 1 is 1.08 bits per heavy atom. The predicted octanol–water partition coefficient (Wildman–Crippen LogP) is 2.63. The van der Waals surface area contributed by atoms with E-state index in [9.17, 15) is 15.0 Å². The fourth-order valence-corrected chi connectivity index (χ4v) is 3.19. The Labute approximate surface area is 149 Å². The van der Waals surface area contributed by atoms with Crippen molar-refractivity contribution in [3.63, 3.8) is 0 Å². The molecule has 7 nitrogen and oxygen atoms in total. The normalized spacial score (nSPS) is 16.6. The van der Waals surface area contributed by atoms with Gasteiger partial charge in [-0.1, -0.05) is 12.1 Å². The van der Waals surface area contributed by atoms with E-state index in [1.165, 1.54) is 13.2 Å². The Morgan fingerprint density at radius 2 is 1.85 bits per heavy atom. The zero-order valence-electron chi connectivity index (χ0n) is 13.9. The molecule has 0 radical (unpaired) electrons. The van der Waals surface area contributed by atoms with Crippen molar-refractivity contribution in [1.82, 2.24) is 0 Å². The van der Waals surface area contributed by atoms with Crippen LogP contribution in [0, 0.1) is 0 Å². The number of fused-ring (bicyclic) bond motifs is 1. The van der Waals surface area contributed by atoms with Gasteiger partial charge >= 0.3 is 5.97 Å². The van der Waals surface area contributed by atoms with Crippen molar-refractivity contribution < 1.29 is 34.0 Å². The van der Waals surface area contributed by atoms with Gasteiger partial charge in [0.25, 0.3) is 0 Å². The van der Waals surface area contributed by atoms with E-state index in [0.29, 0.717) is 28.4 Å². The first-order chi connectivity index (χ1) is 12.6. The van der Waals surface area contributed by atoms with E-state index in [1.807, 2.05) is 0 Å². The zero-order chi connectivity index (χ0) is 18.3. The van der Waals surface area contributed by atoms with Crippen LogP contribution in [0.1, 0.15) is 17.0 Å². The quantitative estimate of drug-likeness (QED) is 0.813. The average Bonchev–Trinajstić information content (AvgIpc) is 3.23. The van der Waals surface area contributed by atoms with Crippen molar-refractivity contribution in [1.29, 1.82) is 0 Å². The molecule has 4 rings (SSSR count). The molecular formula is C19H16O7. The van der Waals surface area contributed by atoms with E-state index >= 15 is 0 Å². The molecule has 2 heterocycles. The minimum absolute atomic E-state index is 0.0536. The van der Waals surface area contributed by atoms with Crippen molar-refractivity contribution in [3.05, 3.63) is 58.9 Å². The number of carbonyl (C=O) groups excluding carboxylic acids is 1. The SMILES string of the molecule is COc1cccc([C@@H](C2=C(O)COC2=O)c2cc3c(cc2O)OCO3)c1. The van der Waals surface area contributed by atoms with E-state index < -0.39 is 11.9 Å². The predicted molar refractivity (Wildman–Crippen MR) is 89.7 cm³/mol. The van der Waals surface area contributed by atoms with Gasteiger partial charge in [-0.25, -0.2) is 4.79 Å². The van der Waals surface area contributed by atoms with Crippen molar-refractivity contribution in [3.8, 4) is 23.0 Å². The number of hydrogen-bond donors (Lipinski definition) is 2. The molecular weight excluding hydrogens is 340 g/mol. The van der Waals surface area contributed by atoms with Crippen LogP contribution in [-0.2, 0) is 9.53 Å². The highest BCUT2D eigenvalue weighted by Gasteiger charge is 2.36. The van der Waals surface area contributed by atoms with Crippen LogP contribution in [0.3, 0.4) is 0 Å². The van der Waals surface area contributed by atoms with Crippen LogP contribution in [0.2, 0.25) is 0 Å². The summed E-state index contributed by atoms with van der Waals surface area (Å²) in [5.74, 6) is -0.178. The molecule has 2 aliphatic rings. The summed E-state index contributed by atoms with van der Waals surface area (Å²) in [4.78, 5) is 12.3. The average molecular weight is 356 g/mol. The number of hydrogen-bond acceptors (Lipinski definition) is 7. The second-order valence-electron chi connectivity index (χ2n) is 5.91. The van der Waals surface area contributed by atoms with Crippen LogP contribution in [-0.4, -0.2) is 36.7 Å². The number of phenols is 1. The number of aromatic hydroxyl groups is 1. The van der Waals surface area contributed by atoms with E-state index in [2.05, 4.69) is 0 Å². The second-order valence-corrected chi connectivity index (χ2v) is 5.91. The summed E-state index contributed by atoms with van der Waals surface area (Å²) in [7, 11) is 1.53. The summed E-state index contributed by atoms with van der Waals surface area (Å²) in [6, 6.07) is 10.1. The lowest BCUT2D eigenvalue weighted by Gasteiger charge is -2.20. The first-order valence-electron chi connectivity index (χ1n) is 7.94. The van der Waals surface area contributed by atoms with Crippen molar-refractivity contribution in [2.24, 2.45) is 0 Å². The lowest BCUT2D eigenvalue weighted by Crippen LogP contribution is -2.12. The topological polar surface area (TPSA) is 94.5 Å². The fourth-order valence-electron chi connectivity index (χ4n) is 3.19. The monoisotopic (exact) mass is 356 g/mol. The highest BCUT2D eigenvalue weighted by Crippen LogP contribution is 2.46. The molecule has 2 aromatic rings. The first kappa shape index (κ1) is 16.1. The van der Waals surface area contributed by atoms with Gasteiger partial charge in [0.2, 0.25) is 6.79 Å². The molecule has 26 heavy (non-hydrogen) atoms. The highest BCUT2D eigenvalue weighted by atomic mass is 16.7. The minimum atomic E-state index is -0.755. The Hall–Kier alpha value is -3.35. The lowest BCUT2D eigenvalue weighted by molar-refractivity contribution is -0.136. The number of cyclic esters (lactones) is 1. The van der Waals surface area contributed by atoms with Crippen molar-refractivity contribution in [2.45, 2.75) is 5.92 Å². The van der Waals surface area contributed by atoms with Gasteiger partial charge in [-0.2, -0.15) is 0 Å².